The van der Waals surface area contributed by atoms with Gasteiger partial charge in [0, 0.05) is 36.8 Å². The normalized spacial score (nSPS) is 23.7. The number of aromatic hydroxyl groups is 1. The van der Waals surface area contributed by atoms with E-state index in [1.54, 1.807) is 24.3 Å². The predicted octanol–water partition coefficient (Wildman–Crippen LogP) is 2.99. The molecule has 3 heterocycles. The van der Waals surface area contributed by atoms with Crippen LogP contribution in [0, 0.1) is 0 Å². The third-order valence-corrected chi connectivity index (χ3v) is 8.26. The summed E-state index contributed by atoms with van der Waals surface area (Å²) in [6.07, 6.45) is -3.98. The molecule has 5 atom stereocenters. The van der Waals surface area contributed by atoms with Crippen LogP contribution in [0.3, 0.4) is 0 Å². The summed E-state index contributed by atoms with van der Waals surface area (Å²) in [4.78, 5) is 16.5. The number of morpholine rings is 1. The van der Waals surface area contributed by atoms with Crippen molar-refractivity contribution in [1.29, 1.82) is 0 Å². The summed E-state index contributed by atoms with van der Waals surface area (Å²) >= 11 is 0. The summed E-state index contributed by atoms with van der Waals surface area (Å²) in [6.45, 7) is 9.79. The molecule has 3 aromatic rings. The lowest BCUT2D eigenvalue weighted by atomic mass is 10.00. The second-order valence-electron chi connectivity index (χ2n) is 11.8. The van der Waals surface area contributed by atoms with Gasteiger partial charge in [0.1, 0.15) is 46.5 Å². The van der Waals surface area contributed by atoms with E-state index in [1.807, 2.05) is 19.9 Å². The monoisotopic (exact) mass is 641 g/mol. The number of nitrogens with zero attached hydrogens (tertiary/aromatic N) is 1. The Morgan fingerprint density at radius 1 is 1.07 bits per heavy atom. The summed E-state index contributed by atoms with van der Waals surface area (Å²) < 4.78 is 35.0. The van der Waals surface area contributed by atoms with Crippen molar-refractivity contribution in [3.05, 3.63) is 57.8 Å². The number of hydrogen-bond acceptors (Lipinski definition) is 12. The molecular formula is C34H43NO11. The van der Waals surface area contributed by atoms with E-state index in [-0.39, 0.29) is 28.2 Å². The number of ether oxygens (including phenoxy) is 5. The number of aliphatic hydroxyl groups is 3. The van der Waals surface area contributed by atoms with Gasteiger partial charge < -0.3 is 48.5 Å². The van der Waals surface area contributed by atoms with Gasteiger partial charge in [-0.1, -0.05) is 11.6 Å². The van der Waals surface area contributed by atoms with E-state index in [9.17, 15) is 25.2 Å². The molecule has 2 aliphatic heterocycles. The number of hydrogen-bond donors (Lipinski definition) is 4. The summed E-state index contributed by atoms with van der Waals surface area (Å²) in [7, 11) is 1.53. The van der Waals surface area contributed by atoms with Crippen LogP contribution in [0.5, 0.6) is 23.0 Å². The first-order chi connectivity index (χ1) is 22.1. The summed E-state index contributed by atoms with van der Waals surface area (Å²) in [5.74, 6) is 0.250. The molecule has 12 nitrogen and oxygen atoms in total. The van der Waals surface area contributed by atoms with Gasteiger partial charge in [-0.3, -0.25) is 9.69 Å². The average Bonchev–Trinajstić information content (AvgIpc) is 3.05. The zero-order valence-corrected chi connectivity index (χ0v) is 26.6. The molecule has 12 heteroatoms. The molecule has 2 aromatic carbocycles. The van der Waals surface area contributed by atoms with Crippen LogP contribution in [-0.2, 0) is 15.9 Å². The summed E-state index contributed by atoms with van der Waals surface area (Å²) in [6, 6.07) is 8.14. The summed E-state index contributed by atoms with van der Waals surface area (Å²) in [5, 5.41) is 42.3. The number of methoxy groups -OCH3 is 1. The Bertz CT molecular complexity index is 1570. The molecule has 250 valence electrons. The molecule has 4 N–H and O–H groups in total. The number of rotatable bonds is 11. The number of phenols is 1. The Balaban J connectivity index is 1.60. The zero-order valence-electron chi connectivity index (χ0n) is 26.6. The van der Waals surface area contributed by atoms with Crippen LogP contribution in [0.15, 0.2) is 51.2 Å². The Labute approximate surface area is 267 Å². The van der Waals surface area contributed by atoms with Gasteiger partial charge in [-0.2, -0.15) is 0 Å². The van der Waals surface area contributed by atoms with E-state index in [0.717, 1.165) is 31.6 Å². The minimum Gasteiger partial charge on any atom is -0.507 e. The number of allylic oxidation sites excluding steroid dienone is 2. The van der Waals surface area contributed by atoms with Gasteiger partial charge in [0.25, 0.3) is 0 Å². The second-order valence-corrected chi connectivity index (χ2v) is 11.8. The van der Waals surface area contributed by atoms with Crippen molar-refractivity contribution in [2.24, 2.45) is 0 Å². The van der Waals surface area contributed by atoms with Crippen molar-refractivity contribution < 1.29 is 48.5 Å². The zero-order chi connectivity index (χ0) is 33.0. The molecule has 5 rings (SSSR count). The maximum absolute atomic E-state index is 14.2. The highest BCUT2D eigenvalue weighted by Crippen LogP contribution is 2.41. The minimum absolute atomic E-state index is 0.00605. The summed E-state index contributed by atoms with van der Waals surface area (Å²) in [5.41, 5.74) is 1.46. The lowest BCUT2D eigenvalue weighted by molar-refractivity contribution is -0.268. The second kappa shape index (κ2) is 14.8. The van der Waals surface area contributed by atoms with E-state index in [4.69, 9.17) is 28.1 Å². The third kappa shape index (κ3) is 7.33. The minimum atomic E-state index is -1.68. The highest BCUT2D eigenvalue weighted by atomic mass is 16.7. The van der Waals surface area contributed by atoms with Crippen LogP contribution in [0.25, 0.3) is 22.3 Å². The molecule has 0 aliphatic carbocycles. The van der Waals surface area contributed by atoms with Gasteiger partial charge in [-0.15, -0.1) is 0 Å². The van der Waals surface area contributed by atoms with E-state index in [0.29, 0.717) is 48.9 Å². The Morgan fingerprint density at radius 3 is 2.46 bits per heavy atom. The third-order valence-electron chi connectivity index (χ3n) is 8.26. The maximum Gasteiger partial charge on any atom is 0.239 e. The van der Waals surface area contributed by atoms with E-state index < -0.39 is 36.1 Å². The Kier molecular flexibility index (Phi) is 10.9. The van der Waals surface area contributed by atoms with Crippen molar-refractivity contribution in [2.75, 3.05) is 46.6 Å². The molecule has 2 fully saturated rings. The lowest BCUT2D eigenvalue weighted by Crippen LogP contribution is -2.58. The van der Waals surface area contributed by atoms with Gasteiger partial charge in [-0.25, -0.2) is 0 Å². The van der Waals surface area contributed by atoms with E-state index in [2.05, 4.69) is 4.90 Å². The van der Waals surface area contributed by atoms with Crippen molar-refractivity contribution >= 4 is 11.0 Å². The van der Waals surface area contributed by atoms with E-state index >= 15 is 0 Å². The van der Waals surface area contributed by atoms with Gasteiger partial charge in [0.15, 0.2) is 5.76 Å². The molecule has 2 aliphatic rings. The maximum atomic E-state index is 14.2. The average molecular weight is 642 g/mol. The Hall–Kier alpha value is -3.65. The fourth-order valence-corrected chi connectivity index (χ4v) is 5.55. The topological polar surface area (TPSA) is 161 Å². The molecular weight excluding hydrogens is 598 g/mol. The fraction of sp³-hybridized carbons (Fsp3) is 0.500. The number of benzene rings is 2. The number of fused-ring (bicyclic) bond motifs is 1. The molecule has 0 saturated carbocycles. The van der Waals surface area contributed by atoms with Crippen LogP contribution in [-0.4, -0.2) is 103 Å². The van der Waals surface area contributed by atoms with Crippen molar-refractivity contribution in [3.8, 4) is 34.3 Å². The molecule has 46 heavy (non-hydrogen) atoms. The van der Waals surface area contributed by atoms with Crippen LogP contribution < -0.4 is 19.6 Å². The molecule has 1 aromatic heterocycles. The quantitative estimate of drug-likeness (QED) is 0.179. The molecule has 0 radical (unpaired) electrons. The first kappa shape index (κ1) is 33.7. The van der Waals surface area contributed by atoms with Crippen LogP contribution in [0.4, 0.5) is 0 Å². The lowest BCUT2D eigenvalue weighted by Gasteiger charge is -2.38. The van der Waals surface area contributed by atoms with Crippen LogP contribution in [0.1, 0.15) is 32.8 Å². The molecule has 2 saturated heterocycles. The smallest absolute Gasteiger partial charge is 0.239 e. The molecule has 0 amide bonds. The standard InChI is InChI=1S/C34H43NO11/c1-19(2)6-11-23-25(43-15-5-12-35-13-16-42-17-14-35)18-24(36)26-28(38)33(46-34-30(40)29(39)27(37)20(3)44-34)31(45-32(23)26)21-7-9-22(41-4)10-8-21/h6-10,18,20,27,29-30,34,36-37,39-40H,5,11-17H2,1-4H3/t20-,27-,29+,30+,34-/m1/s1. The Morgan fingerprint density at radius 2 is 1.78 bits per heavy atom. The highest BCUT2D eigenvalue weighted by Gasteiger charge is 2.44. The van der Waals surface area contributed by atoms with Crippen molar-refractivity contribution in [3.63, 3.8) is 0 Å². The van der Waals surface area contributed by atoms with Gasteiger partial charge in [0.2, 0.25) is 17.5 Å². The van der Waals surface area contributed by atoms with Gasteiger partial charge in [-0.05, 0) is 57.9 Å². The van der Waals surface area contributed by atoms with Gasteiger partial charge >= 0.3 is 0 Å². The van der Waals surface area contributed by atoms with Crippen LogP contribution in [0.2, 0.25) is 0 Å². The predicted molar refractivity (Wildman–Crippen MR) is 170 cm³/mol. The highest BCUT2D eigenvalue weighted by molar-refractivity contribution is 5.91. The van der Waals surface area contributed by atoms with Crippen molar-refractivity contribution in [1.82, 2.24) is 4.90 Å². The SMILES string of the molecule is COc1ccc(-c2oc3c(CC=C(C)C)c(OCCCN4CCOCC4)cc(O)c3c(=O)c2O[C@H]2O[C@H](C)[C@@H](O)[C@H](O)[C@@H]2O)cc1. The van der Waals surface area contributed by atoms with E-state index in [1.165, 1.54) is 20.1 Å². The first-order valence-electron chi connectivity index (χ1n) is 15.5. The number of phenolic OH excluding ortho intramolecular Hbond substituents is 1. The fourth-order valence-electron chi connectivity index (χ4n) is 5.55. The largest absolute Gasteiger partial charge is 0.507 e. The number of aliphatic hydroxyl groups excluding tert-OH is 3. The molecule has 0 bridgehead atoms. The van der Waals surface area contributed by atoms with Crippen LogP contribution >= 0.6 is 0 Å². The molecule has 0 unspecified atom stereocenters. The van der Waals surface area contributed by atoms with Crippen molar-refractivity contribution in [2.45, 2.75) is 64.3 Å². The first-order valence-corrected chi connectivity index (χ1v) is 15.5. The molecule has 0 spiro atoms. The van der Waals surface area contributed by atoms with Gasteiger partial charge in [0.05, 0.1) is 33.0 Å².